The van der Waals surface area contributed by atoms with Crippen LogP contribution in [0.15, 0.2) is 24.3 Å². The largest absolute Gasteiger partial charge is 0.377 e. The highest BCUT2D eigenvalue weighted by molar-refractivity contribution is 5.27. The Morgan fingerprint density at radius 2 is 2.07 bits per heavy atom. The summed E-state index contributed by atoms with van der Waals surface area (Å²) < 4.78 is 5.24. The third kappa shape index (κ3) is 2.88. The zero-order valence-electron chi connectivity index (χ0n) is 8.23. The number of benzene rings is 1. The second kappa shape index (κ2) is 5.43. The molecule has 0 aromatic heterocycles. The molecule has 74 valence electrons. The van der Waals surface area contributed by atoms with Gasteiger partial charge >= 0.3 is 0 Å². The Kier molecular flexibility index (Phi) is 4.18. The summed E-state index contributed by atoms with van der Waals surface area (Å²) >= 11 is 0. The molecule has 2 heteroatoms. The molecule has 1 aromatic carbocycles. The van der Waals surface area contributed by atoms with Crippen LogP contribution in [0, 0.1) is 12.3 Å². The van der Waals surface area contributed by atoms with Crippen molar-refractivity contribution in [3.63, 3.8) is 0 Å². The third-order valence-corrected chi connectivity index (χ3v) is 1.93. The summed E-state index contributed by atoms with van der Waals surface area (Å²) in [7, 11) is 0. The van der Waals surface area contributed by atoms with Gasteiger partial charge in [-0.15, -0.1) is 6.42 Å². The van der Waals surface area contributed by atoms with E-state index in [9.17, 15) is 5.11 Å². The van der Waals surface area contributed by atoms with E-state index in [1.165, 1.54) is 0 Å². The van der Waals surface area contributed by atoms with Gasteiger partial charge in [-0.2, -0.15) is 0 Å². The summed E-state index contributed by atoms with van der Waals surface area (Å²) in [6.45, 7) is 3.26. The van der Waals surface area contributed by atoms with Gasteiger partial charge in [0.1, 0.15) is 6.10 Å². The first-order valence-corrected chi connectivity index (χ1v) is 4.58. The van der Waals surface area contributed by atoms with Gasteiger partial charge in [0.15, 0.2) is 0 Å². The van der Waals surface area contributed by atoms with E-state index < -0.39 is 6.10 Å². The van der Waals surface area contributed by atoms with Gasteiger partial charge < -0.3 is 9.84 Å². The van der Waals surface area contributed by atoms with E-state index >= 15 is 0 Å². The minimum absolute atomic E-state index is 0.600. The maximum absolute atomic E-state index is 9.33. The Hall–Kier alpha value is -1.30. The smallest absolute Gasteiger partial charge is 0.139 e. The van der Waals surface area contributed by atoms with Crippen molar-refractivity contribution in [3.05, 3.63) is 35.4 Å². The molecule has 0 aliphatic carbocycles. The molecule has 0 spiro atoms. The van der Waals surface area contributed by atoms with Gasteiger partial charge in [0.25, 0.3) is 0 Å². The fourth-order valence-corrected chi connectivity index (χ4v) is 1.11. The van der Waals surface area contributed by atoms with Crippen LogP contribution in [-0.2, 0) is 11.3 Å². The molecule has 1 aromatic rings. The lowest BCUT2D eigenvalue weighted by atomic mass is 10.1. The van der Waals surface area contributed by atoms with Gasteiger partial charge in [-0.3, -0.25) is 0 Å². The second-order valence-electron chi connectivity index (χ2n) is 2.95. The molecule has 0 fully saturated rings. The van der Waals surface area contributed by atoms with Crippen molar-refractivity contribution in [1.29, 1.82) is 0 Å². The van der Waals surface area contributed by atoms with E-state index in [0.717, 1.165) is 11.1 Å². The van der Waals surface area contributed by atoms with Crippen LogP contribution in [0.5, 0.6) is 0 Å². The fourth-order valence-electron chi connectivity index (χ4n) is 1.11. The van der Waals surface area contributed by atoms with Crippen molar-refractivity contribution in [3.8, 4) is 12.3 Å². The molecule has 0 radical (unpaired) electrons. The van der Waals surface area contributed by atoms with Crippen molar-refractivity contribution < 1.29 is 9.84 Å². The average Bonchev–Trinajstić information content (AvgIpc) is 2.26. The molecular formula is C12H14O2. The van der Waals surface area contributed by atoms with E-state index in [2.05, 4.69) is 5.92 Å². The lowest BCUT2D eigenvalue weighted by molar-refractivity contribution is 0.134. The highest BCUT2D eigenvalue weighted by Crippen LogP contribution is 2.13. The molecule has 1 N–H and O–H groups in total. The number of ether oxygens (including phenoxy) is 1. The fraction of sp³-hybridized carbons (Fsp3) is 0.333. The topological polar surface area (TPSA) is 29.5 Å². The molecule has 1 unspecified atom stereocenters. The molecular weight excluding hydrogens is 176 g/mol. The Morgan fingerprint density at radius 1 is 1.43 bits per heavy atom. The first kappa shape index (κ1) is 10.8. The molecule has 0 aliphatic rings. The molecule has 2 nitrogen and oxygen atoms in total. The van der Waals surface area contributed by atoms with Gasteiger partial charge in [-0.05, 0) is 18.1 Å². The summed E-state index contributed by atoms with van der Waals surface area (Å²) in [5, 5.41) is 9.33. The van der Waals surface area contributed by atoms with Crippen LogP contribution in [0.3, 0.4) is 0 Å². The van der Waals surface area contributed by atoms with Crippen molar-refractivity contribution >= 4 is 0 Å². The molecule has 0 heterocycles. The zero-order valence-corrected chi connectivity index (χ0v) is 8.23. The molecule has 1 atom stereocenters. The van der Waals surface area contributed by atoms with Crippen LogP contribution in [0.4, 0.5) is 0 Å². The van der Waals surface area contributed by atoms with Crippen LogP contribution in [-0.4, -0.2) is 11.7 Å². The monoisotopic (exact) mass is 190 g/mol. The molecule has 0 saturated carbocycles. The van der Waals surface area contributed by atoms with E-state index in [1.54, 1.807) is 0 Å². The zero-order chi connectivity index (χ0) is 10.4. The van der Waals surface area contributed by atoms with E-state index in [0.29, 0.717) is 13.2 Å². The highest BCUT2D eigenvalue weighted by atomic mass is 16.5. The minimum Gasteiger partial charge on any atom is -0.377 e. The number of aliphatic hydroxyl groups is 1. The Morgan fingerprint density at radius 3 is 2.57 bits per heavy atom. The normalized spacial score (nSPS) is 12.1. The minimum atomic E-state index is -0.809. The van der Waals surface area contributed by atoms with E-state index in [4.69, 9.17) is 11.2 Å². The van der Waals surface area contributed by atoms with Crippen LogP contribution in [0.25, 0.3) is 0 Å². The molecule has 1 rings (SSSR count). The van der Waals surface area contributed by atoms with Gasteiger partial charge in [0.2, 0.25) is 0 Å². The van der Waals surface area contributed by atoms with Crippen molar-refractivity contribution in [2.75, 3.05) is 6.61 Å². The van der Waals surface area contributed by atoms with Gasteiger partial charge in [-0.25, -0.2) is 0 Å². The summed E-state index contributed by atoms with van der Waals surface area (Å²) in [6.07, 6.45) is 4.29. The molecule has 0 aliphatic heterocycles. The molecule has 0 amide bonds. The number of rotatable bonds is 4. The Labute approximate surface area is 84.5 Å². The number of terminal acetylenes is 1. The van der Waals surface area contributed by atoms with Gasteiger partial charge in [-0.1, -0.05) is 30.2 Å². The van der Waals surface area contributed by atoms with Crippen LogP contribution < -0.4 is 0 Å². The Bertz CT molecular complexity index is 308. The van der Waals surface area contributed by atoms with Crippen molar-refractivity contribution in [1.82, 2.24) is 0 Å². The summed E-state index contributed by atoms with van der Waals surface area (Å²) in [6, 6.07) is 7.45. The lowest BCUT2D eigenvalue weighted by Crippen LogP contribution is -1.95. The second-order valence-corrected chi connectivity index (χ2v) is 2.95. The summed E-state index contributed by atoms with van der Waals surface area (Å²) in [5.74, 6) is 2.27. The van der Waals surface area contributed by atoms with Crippen LogP contribution in [0.1, 0.15) is 24.2 Å². The van der Waals surface area contributed by atoms with Crippen molar-refractivity contribution in [2.45, 2.75) is 19.6 Å². The molecule has 14 heavy (non-hydrogen) atoms. The quantitative estimate of drug-likeness (QED) is 0.735. The standard InChI is InChI=1S/C12H14O2/c1-3-12(13)11-7-5-10(6-8-11)9-14-4-2/h1,5-8,12-13H,4,9H2,2H3. The molecule has 0 saturated heterocycles. The third-order valence-electron chi connectivity index (χ3n) is 1.93. The van der Waals surface area contributed by atoms with Crippen LogP contribution in [0.2, 0.25) is 0 Å². The van der Waals surface area contributed by atoms with Crippen LogP contribution >= 0.6 is 0 Å². The van der Waals surface area contributed by atoms with Gasteiger partial charge in [0.05, 0.1) is 6.61 Å². The SMILES string of the molecule is C#CC(O)c1ccc(COCC)cc1. The first-order chi connectivity index (χ1) is 6.77. The summed E-state index contributed by atoms with van der Waals surface area (Å²) in [4.78, 5) is 0. The predicted octanol–water partition coefficient (Wildman–Crippen LogP) is 1.89. The van der Waals surface area contributed by atoms with Gasteiger partial charge in [0, 0.05) is 6.61 Å². The number of aliphatic hydroxyl groups excluding tert-OH is 1. The number of hydrogen-bond donors (Lipinski definition) is 1. The van der Waals surface area contributed by atoms with E-state index in [-0.39, 0.29) is 0 Å². The average molecular weight is 190 g/mol. The van der Waals surface area contributed by atoms with E-state index in [1.807, 2.05) is 31.2 Å². The first-order valence-electron chi connectivity index (χ1n) is 4.58. The maximum Gasteiger partial charge on any atom is 0.139 e. The molecule has 0 bridgehead atoms. The summed E-state index contributed by atoms with van der Waals surface area (Å²) in [5.41, 5.74) is 1.83. The highest BCUT2D eigenvalue weighted by Gasteiger charge is 2.02. The predicted molar refractivity (Wildman–Crippen MR) is 55.6 cm³/mol. The number of hydrogen-bond acceptors (Lipinski definition) is 2. The maximum atomic E-state index is 9.33. The van der Waals surface area contributed by atoms with Crippen molar-refractivity contribution in [2.24, 2.45) is 0 Å². The Balaban J connectivity index is 2.65. The lowest BCUT2D eigenvalue weighted by Gasteiger charge is -2.05.